The van der Waals surface area contributed by atoms with Gasteiger partial charge in [0, 0.05) is 19.2 Å². The lowest BCUT2D eigenvalue weighted by atomic mass is 9.76. The predicted octanol–water partition coefficient (Wildman–Crippen LogP) is 0.992. The van der Waals surface area contributed by atoms with Crippen LogP contribution in [0.2, 0.25) is 0 Å². The molecule has 0 saturated carbocycles. The summed E-state index contributed by atoms with van der Waals surface area (Å²) in [6.45, 7) is 0. The zero-order valence-electron chi connectivity index (χ0n) is 10.0. The summed E-state index contributed by atoms with van der Waals surface area (Å²) in [6.07, 6.45) is -0.948. The Hall–Kier alpha value is -1.89. The van der Waals surface area contributed by atoms with Gasteiger partial charge in [0.15, 0.2) is 6.10 Å². The van der Waals surface area contributed by atoms with E-state index < -0.39 is 22.8 Å². The first-order valence-electron chi connectivity index (χ1n) is 5.11. The number of carbonyl (C=O) groups is 1. The van der Waals surface area contributed by atoms with Crippen LogP contribution in [0.15, 0.2) is 24.3 Å². The number of hydrogen-bond donors (Lipinski definition) is 0. The van der Waals surface area contributed by atoms with E-state index in [0.29, 0.717) is 5.56 Å². The molecule has 0 bridgehead atoms. The van der Waals surface area contributed by atoms with Crippen LogP contribution in [0.5, 0.6) is 0 Å². The number of benzene rings is 1. The minimum Gasteiger partial charge on any atom is -0.467 e. The second-order valence-corrected chi connectivity index (χ2v) is 3.55. The smallest absolute Gasteiger partial charge is 0.334 e. The van der Waals surface area contributed by atoms with Gasteiger partial charge in [0.2, 0.25) is 0 Å². The van der Waals surface area contributed by atoms with E-state index in [2.05, 4.69) is 4.74 Å². The van der Waals surface area contributed by atoms with Crippen molar-refractivity contribution >= 4 is 19.5 Å². The average molecular weight is 249 g/mol. The molecular weight excluding hydrogens is 237 g/mol. The van der Waals surface area contributed by atoms with Gasteiger partial charge in [-0.15, -0.1) is 0 Å². The average Bonchev–Trinajstić information content (AvgIpc) is 2.39. The number of nitro groups is 1. The van der Waals surface area contributed by atoms with Crippen LogP contribution in [0, 0.1) is 10.1 Å². The Morgan fingerprint density at radius 3 is 2.28 bits per heavy atom. The molecule has 0 N–H and O–H groups in total. The lowest BCUT2D eigenvalue weighted by molar-refractivity contribution is -0.384. The van der Waals surface area contributed by atoms with Gasteiger partial charge in [-0.25, -0.2) is 4.79 Å². The molecule has 7 heteroatoms. The molecule has 0 aliphatic rings. The second kappa shape index (κ2) is 6.16. The Labute approximate surface area is 105 Å². The first kappa shape index (κ1) is 14.2. The van der Waals surface area contributed by atoms with Gasteiger partial charge in [0.25, 0.3) is 5.69 Å². The maximum Gasteiger partial charge on any atom is 0.334 e. The van der Waals surface area contributed by atoms with E-state index in [4.69, 9.17) is 12.6 Å². The lowest BCUT2D eigenvalue weighted by Gasteiger charge is -2.20. The molecule has 1 aromatic carbocycles. The molecule has 0 spiro atoms. The van der Waals surface area contributed by atoms with Gasteiger partial charge in [0.05, 0.1) is 19.9 Å². The van der Waals surface area contributed by atoms with E-state index in [0.717, 1.165) is 0 Å². The van der Waals surface area contributed by atoms with E-state index in [1.165, 1.54) is 38.5 Å². The van der Waals surface area contributed by atoms with Gasteiger partial charge in [-0.05, 0) is 11.4 Å². The normalized spacial score (nSPS) is 13.7. The number of ether oxygens (including phenoxy) is 2. The first-order valence-corrected chi connectivity index (χ1v) is 5.11. The lowest BCUT2D eigenvalue weighted by Crippen LogP contribution is -2.31. The van der Waals surface area contributed by atoms with Gasteiger partial charge < -0.3 is 9.47 Å². The van der Waals surface area contributed by atoms with Gasteiger partial charge in [-0.1, -0.05) is 12.1 Å². The maximum absolute atomic E-state index is 11.4. The Balaban J connectivity index is 2.91. The SMILES string of the molecule is [B]C(c1ccc([N+](=O)[O-])cc1)C(OC)C(=O)OC. The summed E-state index contributed by atoms with van der Waals surface area (Å²) in [6, 6.07) is 5.61. The number of non-ortho nitro benzene ring substituents is 1. The molecule has 2 atom stereocenters. The molecule has 1 rings (SSSR count). The molecule has 0 heterocycles. The largest absolute Gasteiger partial charge is 0.467 e. The molecule has 1 aromatic rings. The van der Waals surface area contributed by atoms with E-state index in [-0.39, 0.29) is 5.69 Å². The van der Waals surface area contributed by atoms with Crippen molar-refractivity contribution in [3.8, 4) is 0 Å². The number of rotatable bonds is 5. The number of nitro benzene ring substituents is 1. The third-order valence-electron chi connectivity index (χ3n) is 2.50. The summed E-state index contributed by atoms with van der Waals surface area (Å²) in [5, 5.41) is 10.5. The summed E-state index contributed by atoms with van der Waals surface area (Å²) >= 11 is 0. The van der Waals surface area contributed by atoms with E-state index in [1.807, 2.05) is 0 Å². The van der Waals surface area contributed by atoms with Gasteiger partial charge in [-0.2, -0.15) is 0 Å². The fourth-order valence-electron chi connectivity index (χ4n) is 1.50. The fourth-order valence-corrected chi connectivity index (χ4v) is 1.50. The van der Waals surface area contributed by atoms with Gasteiger partial charge >= 0.3 is 5.97 Å². The number of esters is 1. The van der Waals surface area contributed by atoms with Crippen LogP contribution in [0.25, 0.3) is 0 Å². The highest BCUT2D eigenvalue weighted by Gasteiger charge is 2.26. The van der Waals surface area contributed by atoms with E-state index in [9.17, 15) is 14.9 Å². The Morgan fingerprint density at radius 2 is 1.89 bits per heavy atom. The molecule has 6 nitrogen and oxygen atoms in total. The van der Waals surface area contributed by atoms with Gasteiger partial charge in [-0.3, -0.25) is 10.1 Å². The molecule has 2 unspecified atom stereocenters. The third kappa shape index (κ3) is 3.07. The summed E-state index contributed by atoms with van der Waals surface area (Å²) < 4.78 is 9.52. The monoisotopic (exact) mass is 249 g/mol. The first-order chi connectivity index (χ1) is 8.51. The quantitative estimate of drug-likeness (QED) is 0.336. The summed E-state index contributed by atoms with van der Waals surface area (Å²) in [5.41, 5.74) is 0.510. The molecule has 2 radical (unpaired) electrons. The van der Waals surface area contributed by atoms with Crippen LogP contribution in [-0.4, -0.2) is 39.1 Å². The minimum atomic E-state index is -0.948. The van der Waals surface area contributed by atoms with Crippen molar-refractivity contribution in [3.05, 3.63) is 39.9 Å². The summed E-state index contributed by atoms with van der Waals surface area (Å²) in [4.78, 5) is 21.4. The van der Waals surface area contributed by atoms with Crippen molar-refractivity contribution in [1.82, 2.24) is 0 Å². The number of nitrogens with zero attached hydrogens (tertiary/aromatic N) is 1. The highest BCUT2D eigenvalue weighted by molar-refractivity contribution is 6.14. The zero-order valence-corrected chi connectivity index (χ0v) is 10.0. The highest BCUT2D eigenvalue weighted by atomic mass is 16.6. The van der Waals surface area contributed by atoms with Crippen LogP contribution < -0.4 is 0 Å². The Kier molecular flexibility index (Phi) is 4.85. The molecule has 0 amide bonds. The maximum atomic E-state index is 11.4. The van der Waals surface area contributed by atoms with Crippen LogP contribution in [-0.2, 0) is 14.3 Å². The van der Waals surface area contributed by atoms with E-state index >= 15 is 0 Å². The minimum absolute atomic E-state index is 0.0435. The molecular formula is C11H12BNO5. The van der Waals surface area contributed by atoms with Crippen molar-refractivity contribution in [1.29, 1.82) is 0 Å². The van der Waals surface area contributed by atoms with E-state index in [1.54, 1.807) is 0 Å². The predicted molar refractivity (Wildman–Crippen MR) is 64.4 cm³/mol. The topological polar surface area (TPSA) is 78.7 Å². The number of hydrogen-bond acceptors (Lipinski definition) is 5. The standard InChI is InChI=1S/C11H12BNO5/c1-17-10(11(14)18-2)9(12)7-3-5-8(6-4-7)13(15)16/h3-6,9-10H,1-2H3. The van der Waals surface area contributed by atoms with Crippen LogP contribution in [0.1, 0.15) is 11.4 Å². The molecule has 0 aromatic heterocycles. The van der Waals surface area contributed by atoms with Crippen molar-refractivity contribution in [2.24, 2.45) is 0 Å². The Morgan fingerprint density at radius 1 is 1.33 bits per heavy atom. The zero-order chi connectivity index (χ0) is 13.7. The molecule has 0 aliphatic carbocycles. The molecule has 0 fully saturated rings. The van der Waals surface area contributed by atoms with Crippen molar-refractivity contribution in [2.45, 2.75) is 11.9 Å². The summed E-state index contributed by atoms with van der Waals surface area (Å²) in [5.74, 6) is -1.34. The number of methoxy groups -OCH3 is 2. The Bertz CT molecular complexity index is 434. The number of carbonyl (C=O) groups excluding carboxylic acids is 1. The third-order valence-corrected chi connectivity index (χ3v) is 2.50. The van der Waals surface area contributed by atoms with Crippen LogP contribution >= 0.6 is 0 Å². The van der Waals surface area contributed by atoms with Gasteiger partial charge in [0.1, 0.15) is 0 Å². The molecule has 0 aliphatic heterocycles. The second-order valence-electron chi connectivity index (χ2n) is 3.55. The molecule has 18 heavy (non-hydrogen) atoms. The fraction of sp³-hybridized carbons (Fsp3) is 0.364. The molecule has 94 valence electrons. The van der Waals surface area contributed by atoms with Crippen molar-refractivity contribution < 1.29 is 19.2 Å². The summed E-state index contributed by atoms with van der Waals surface area (Å²) in [7, 11) is 8.43. The van der Waals surface area contributed by atoms with Crippen LogP contribution in [0.4, 0.5) is 5.69 Å². The molecule has 0 saturated heterocycles. The highest BCUT2D eigenvalue weighted by Crippen LogP contribution is 2.22. The van der Waals surface area contributed by atoms with Crippen molar-refractivity contribution in [3.63, 3.8) is 0 Å². The van der Waals surface area contributed by atoms with Crippen LogP contribution in [0.3, 0.4) is 0 Å². The van der Waals surface area contributed by atoms with Crippen molar-refractivity contribution in [2.75, 3.05) is 14.2 Å².